The molecule has 0 radical (unpaired) electrons. The molecule has 1 amide bonds. The Morgan fingerprint density at radius 1 is 1.50 bits per heavy atom. The maximum absolute atomic E-state index is 11.8. The second-order valence-electron chi connectivity index (χ2n) is 3.81. The van der Waals surface area contributed by atoms with Crippen LogP contribution in [-0.2, 0) is 13.5 Å². The topological polar surface area (TPSA) is 59.8 Å². The van der Waals surface area contributed by atoms with E-state index in [1.807, 2.05) is 17.8 Å². The van der Waals surface area contributed by atoms with E-state index < -0.39 is 0 Å². The molecule has 0 aliphatic heterocycles. The smallest absolute Gasteiger partial charge is 0.269 e. The van der Waals surface area contributed by atoms with Gasteiger partial charge in [0, 0.05) is 32.4 Å². The van der Waals surface area contributed by atoms with Crippen LogP contribution in [0.1, 0.15) is 16.3 Å². The second kappa shape index (κ2) is 5.64. The minimum Gasteiger partial charge on any atom is -0.350 e. The Hall–Kier alpha value is -1.88. The number of amides is 1. The average molecular weight is 265 g/mol. The Balaban J connectivity index is 1.87. The van der Waals surface area contributed by atoms with E-state index in [0.717, 1.165) is 5.82 Å². The number of rotatable bonds is 4. The summed E-state index contributed by atoms with van der Waals surface area (Å²) in [6.07, 6.45) is 4.28. The first-order chi connectivity index (χ1) is 8.66. The lowest BCUT2D eigenvalue weighted by Gasteiger charge is -2.05. The van der Waals surface area contributed by atoms with Crippen molar-refractivity contribution < 1.29 is 4.79 Å². The Labute approximate surface area is 110 Å². The molecule has 0 aliphatic rings. The number of hydrogen-bond acceptors (Lipinski definition) is 3. The zero-order valence-corrected chi connectivity index (χ0v) is 10.7. The molecule has 2 aromatic rings. The van der Waals surface area contributed by atoms with E-state index in [1.54, 1.807) is 24.4 Å². The molecule has 2 heterocycles. The van der Waals surface area contributed by atoms with Crippen molar-refractivity contribution in [3.63, 3.8) is 0 Å². The van der Waals surface area contributed by atoms with Crippen LogP contribution in [-0.4, -0.2) is 27.0 Å². The molecule has 0 saturated carbocycles. The first-order valence-corrected chi connectivity index (χ1v) is 5.91. The number of carbonyl (C=O) groups is 1. The van der Waals surface area contributed by atoms with Crippen LogP contribution in [0.3, 0.4) is 0 Å². The highest BCUT2D eigenvalue weighted by atomic mass is 35.5. The first-order valence-electron chi connectivity index (χ1n) is 5.54. The van der Waals surface area contributed by atoms with Crippen LogP contribution < -0.4 is 5.32 Å². The zero-order chi connectivity index (χ0) is 13.0. The second-order valence-corrected chi connectivity index (χ2v) is 4.19. The summed E-state index contributed by atoms with van der Waals surface area (Å²) in [6, 6.07) is 4.96. The quantitative estimate of drug-likeness (QED) is 0.850. The number of nitrogens with one attached hydrogen (secondary N) is 1. The van der Waals surface area contributed by atoms with Crippen LogP contribution in [0.15, 0.2) is 30.6 Å². The molecule has 0 fully saturated rings. The average Bonchev–Trinajstić information content (AvgIpc) is 2.75. The zero-order valence-electron chi connectivity index (χ0n) is 9.93. The summed E-state index contributed by atoms with van der Waals surface area (Å²) >= 11 is 5.72. The van der Waals surface area contributed by atoms with Crippen LogP contribution in [0.25, 0.3) is 0 Å². The predicted octanol–water partition coefficient (Wildman–Crippen LogP) is 1.44. The molecule has 0 aliphatic carbocycles. The van der Waals surface area contributed by atoms with E-state index in [0.29, 0.717) is 23.8 Å². The standard InChI is InChI=1S/C12H13ClN4O/c1-17-8-7-14-11(17)5-6-15-12(18)9-3-2-4-10(13)16-9/h2-4,7-8H,5-6H2,1H3,(H,15,18). The van der Waals surface area contributed by atoms with Crippen LogP contribution in [0.2, 0.25) is 5.15 Å². The van der Waals surface area contributed by atoms with Crippen LogP contribution in [0, 0.1) is 0 Å². The maximum atomic E-state index is 11.8. The van der Waals surface area contributed by atoms with Gasteiger partial charge in [0.05, 0.1) is 0 Å². The fourth-order valence-electron chi connectivity index (χ4n) is 1.55. The number of halogens is 1. The van der Waals surface area contributed by atoms with E-state index in [9.17, 15) is 4.79 Å². The van der Waals surface area contributed by atoms with Crippen molar-refractivity contribution in [1.82, 2.24) is 19.9 Å². The Bertz CT molecular complexity index is 553. The molecule has 0 spiro atoms. The molecule has 1 N–H and O–H groups in total. The van der Waals surface area contributed by atoms with Crippen LogP contribution in [0.4, 0.5) is 0 Å². The van der Waals surface area contributed by atoms with E-state index in [1.165, 1.54) is 0 Å². The lowest BCUT2D eigenvalue weighted by molar-refractivity contribution is 0.0949. The summed E-state index contributed by atoms with van der Waals surface area (Å²) in [5, 5.41) is 3.09. The summed E-state index contributed by atoms with van der Waals surface area (Å²) in [4.78, 5) is 19.9. The van der Waals surface area contributed by atoms with Gasteiger partial charge in [-0.1, -0.05) is 17.7 Å². The normalized spacial score (nSPS) is 10.3. The molecule has 2 aromatic heterocycles. The van der Waals surface area contributed by atoms with Crippen molar-refractivity contribution in [2.75, 3.05) is 6.54 Å². The SMILES string of the molecule is Cn1ccnc1CCNC(=O)c1cccc(Cl)n1. The Kier molecular flexibility index (Phi) is 3.94. The first kappa shape index (κ1) is 12.6. The van der Waals surface area contributed by atoms with Crippen molar-refractivity contribution in [1.29, 1.82) is 0 Å². The molecule has 6 heteroatoms. The number of aryl methyl sites for hydroxylation is 1. The van der Waals surface area contributed by atoms with Crippen molar-refractivity contribution in [2.45, 2.75) is 6.42 Å². The highest BCUT2D eigenvalue weighted by Gasteiger charge is 2.07. The summed E-state index contributed by atoms with van der Waals surface area (Å²) in [5.41, 5.74) is 0.322. The fraction of sp³-hybridized carbons (Fsp3) is 0.250. The lowest BCUT2D eigenvalue weighted by Crippen LogP contribution is -2.27. The summed E-state index contributed by atoms with van der Waals surface area (Å²) in [6.45, 7) is 0.512. The van der Waals surface area contributed by atoms with Crippen molar-refractivity contribution >= 4 is 17.5 Å². The third kappa shape index (κ3) is 3.07. The van der Waals surface area contributed by atoms with Gasteiger partial charge < -0.3 is 9.88 Å². The number of hydrogen-bond donors (Lipinski definition) is 1. The Morgan fingerprint density at radius 3 is 3.00 bits per heavy atom. The summed E-state index contributed by atoms with van der Waals surface area (Å²) in [5.74, 6) is 0.695. The summed E-state index contributed by atoms with van der Waals surface area (Å²) < 4.78 is 1.92. The highest BCUT2D eigenvalue weighted by molar-refractivity contribution is 6.29. The minimum absolute atomic E-state index is 0.230. The third-order valence-electron chi connectivity index (χ3n) is 2.50. The molecular weight excluding hydrogens is 252 g/mol. The molecule has 0 saturated heterocycles. The number of pyridine rings is 1. The molecule has 2 rings (SSSR count). The molecule has 0 unspecified atom stereocenters. The molecule has 18 heavy (non-hydrogen) atoms. The number of imidazole rings is 1. The Morgan fingerprint density at radius 2 is 2.33 bits per heavy atom. The van der Waals surface area contributed by atoms with Crippen LogP contribution >= 0.6 is 11.6 Å². The molecule has 0 bridgehead atoms. The van der Waals surface area contributed by atoms with Crippen molar-refractivity contribution in [3.05, 3.63) is 47.3 Å². The van der Waals surface area contributed by atoms with Crippen LogP contribution in [0.5, 0.6) is 0 Å². The number of carbonyl (C=O) groups excluding carboxylic acids is 1. The molecule has 94 valence electrons. The van der Waals surface area contributed by atoms with Gasteiger partial charge in [0.25, 0.3) is 5.91 Å². The monoisotopic (exact) mass is 264 g/mol. The molecule has 5 nitrogen and oxygen atoms in total. The van der Waals surface area contributed by atoms with Gasteiger partial charge in [0.1, 0.15) is 16.7 Å². The van der Waals surface area contributed by atoms with Crippen molar-refractivity contribution in [2.24, 2.45) is 7.05 Å². The largest absolute Gasteiger partial charge is 0.350 e. The molecular formula is C12H13ClN4O. The number of nitrogens with zero attached hydrogens (tertiary/aromatic N) is 3. The highest BCUT2D eigenvalue weighted by Crippen LogP contribution is 2.04. The van der Waals surface area contributed by atoms with Gasteiger partial charge >= 0.3 is 0 Å². The van der Waals surface area contributed by atoms with Gasteiger partial charge in [-0.3, -0.25) is 4.79 Å². The lowest BCUT2D eigenvalue weighted by atomic mass is 10.3. The van der Waals surface area contributed by atoms with E-state index in [-0.39, 0.29) is 5.91 Å². The van der Waals surface area contributed by atoms with E-state index in [4.69, 9.17) is 11.6 Å². The van der Waals surface area contributed by atoms with Gasteiger partial charge in [-0.05, 0) is 12.1 Å². The maximum Gasteiger partial charge on any atom is 0.269 e. The van der Waals surface area contributed by atoms with Gasteiger partial charge in [0.2, 0.25) is 0 Å². The van der Waals surface area contributed by atoms with Gasteiger partial charge in [0.15, 0.2) is 0 Å². The molecule has 0 aromatic carbocycles. The van der Waals surface area contributed by atoms with Gasteiger partial charge in [-0.15, -0.1) is 0 Å². The minimum atomic E-state index is -0.230. The molecule has 0 atom stereocenters. The van der Waals surface area contributed by atoms with Gasteiger partial charge in [-0.25, -0.2) is 9.97 Å². The van der Waals surface area contributed by atoms with E-state index in [2.05, 4.69) is 15.3 Å². The predicted molar refractivity (Wildman–Crippen MR) is 68.5 cm³/mol. The van der Waals surface area contributed by atoms with E-state index >= 15 is 0 Å². The summed E-state index contributed by atoms with van der Waals surface area (Å²) in [7, 11) is 1.92. The van der Waals surface area contributed by atoms with Gasteiger partial charge in [-0.2, -0.15) is 0 Å². The third-order valence-corrected chi connectivity index (χ3v) is 2.71. The van der Waals surface area contributed by atoms with Crippen molar-refractivity contribution in [3.8, 4) is 0 Å². The number of aromatic nitrogens is 3. The fourth-order valence-corrected chi connectivity index (χ4v) is 1.71.